The topological polar surface area (TPSA) is 48.6 Å². The summed E-state index contributed by atoms with van der Waals surface area (Å²) in [5.74, 6) is 0. The van der Waals surface area contributed by atoms with Crippen LogP contribution in [0.4, 0.5) is 13.2 Å². The van der Waals surface area contributed by atoms with E-state index in [-0.39, 0.29) is 0 Å². The van der Waals surface area contributed by atoms with Gasteiger partial charge in [0, 0.05) is 6.20 Å². The van der Waals surface area contributed by atoms with Gasteiger partial charge in [-0.3, -0.25) is 5.10 Å². The zero-order valence-corrected chi connectivity index (χ0v) is 6.14. The van der Waals surface area contributed by atoms with Gasteiger partial charge in [0.1, 0.15) is 5.69 Å². The lowest BCUT2D eigenvalue weighted by molar-refractivity contribution is -0.282. The molecule has 0 amide bonds. The number of halogens is 3. The van der Waals surface area contributed by atoms with Crippen molar-refractivity contribution in [2.45, 2.75) is 18.7 Å². The van der Waals surface area contributed by atoms with Crippen LogP contribution in [0.25, 0.3) is 0 Å². The van der Waals surface area contributed by atoms with E-state index in [1.54, 1.807) is 0 Å². The first-order chi connectivity index (χ1) is 5.36. The van der Waals surface area contributed by atoms with Gasteiger partial charge in [0.15, 0.2) is 0 Å². The molecule has 1 N–H and O–H groups in total. The molecular weight excluding hydrogens is 173 g/mol. The number of nitrogens with zero attached hydrogens (tertiary/aromatic N) is 1. The van der Waals surface area contributed by atoms with Crippen LogP contribution in [0.2, 0.25) is 0 Å². The van der Waals surface area contributed by atoms with Crippen molar-refractivity contribution in [2.24, 2.45) is 0 Å². The van der Waals surface area contributed by atoms with Crippen LogP contribution < -0.4 is 0 Å². The predicted octanol–water partition coefficient (Wildman–Crippen LogP) is 1.62. The van der Waals surface area contributed by atoms with E-state index in [0.29, 0.717) is 6.92 Å². The van der Waals surface area contributed by atoms with E-state index in [9.17, 15) is 18.3 Å². The standard InChI is InChI=1S/C6H6F3N2O/c1-5(12,6(7,8)9)4-2-3-10-11-4/h2-3H,1H3,(H,10,11). The molecule has 0 fully saturated rings. The first kappa shape index (κ1) is 9.05. The summed E-state index contributed by atoms with van der Waals surface area (Å²) in [5.41, 5.74) is -3.68. The zero-order chi connectivity index (χ0) is 9.41. The molecule has 0 spiro atoms. The molecule has 6 heteroatoms. The monoisotopic (exact) mass is 179 g/mol. The molecule has 0 aliphatic carbocycles. The highest BCUT2D eigenvalue weighted by molar-refractivity contribution is 5.10. The van der Waals surface area contributed by atoms with E-state index in [0.717, 1.165) is 6.07 Å². The first-order valence-electron chi connectivity index (χ1n) is 3.13. The lowest BCUT2D eigenvalue weighted by Gasteiger charge is -2.20. The first-order valence-corrected chi connectivity index (χ1v) is 3.13. The van der Waals surface area contributed by atoms with Crippen LogP contribution in [0.1, 0.15) is 12.6 Å². The van der Waals surface area contributed by atoms with Gasteiger partial charge in [-0.05, 0) is 13.0 Å². The molecule has 0 bridgehead atoms. The Labute approximate surface area is 66.2 Å². The Hall–Kier alpha value is -1.04. The van der Waals surface area contributed by atoms with Crippen molar-refractivity contribution in [3.63, 3.8) is 0 Å². The molecule has 0 aromatic carbocycles. The molecule has 0 saturated carbocycles. The summed E-state index contributed by atoms with van der Waals surface area (Å²) in [6, 6.07) is 1.01. The molecule has 1 heterocycles. The Morgan fingerprint density at radius 3 is 2.42 bits per heavy atom. The molecule has 1 rings (SSSR count). The van der Waals surface area contributed by atoms with Crippen molar-refractivity contribution >= 4 is 0 Å². The van der Waals surface area contributed by atoms with Gasteiger partial charge in [0.05, 0.1) is 0 Å². The fourth-order valence-electron chi connectivity index (χ4n) is 0.671. The molecule has 12 heavy (non-hydrogen) atoms. The third-order valence-corrected chi connectivity index (χ3v) is 1.53. The Balaban J connectivity index is 3.02. The summed E-state index contributed by atoms with van der Waals surface area (Å²) in [5, 5.41) is 16.3. The van der Waals surface area contributed by atoms with E-state index < -0.39 is 17.5 Å². The van der Waals surface area contributed by atoms with Crippen molar-refractivity contribution in [3.05, 3.63) is 18.0 Å². The number of nitrogens with one attached hydrogen (secondary N) is 1. The fraction of sp³-hybridized carbons (Fsp3) is 0.500. The van der Waals surface area contributed by atoms with E-state index in [2.05, 4.69) is 10.2 Å². The van der Waals surface area contributed by atoms with Gasteiger partial charge in [-0.25, -0.2) is 5.11 Å². The molecule has 67 valence electrons. The second-order valence-electron chi connectivity index (χ2n) is 2.49. The second-order valence-corrected chi connectivity index (χ2v) is 2.49. The Bertz CT molecular complexity index is 252. The molecule has 0 saturated heterocycles. The van der Waals surface area contributed by atoms with E-state index >= 15 is 0 Å². The molecular formula is C6H6F3N2O. The molecule has 0 aliphatic rings. The zero-order valence-electron chi connectivity index (χ0n) is 6.14. The van der Waals surface area contributed by atoms with Crippen LogP contribution in [-0.4, -0.2) is 16.4 Å². The maximum absolute atomic E-state index is 12.0. The Morgan fingerprint density at radius 2 is 2.08 bits per heavy atom. The van der Waals surface area contributed by atoms with E-state index in [1.165, 1.54) is 6.20 Å². The van der Waals surface area contributed by atoms with Gasteiger partial charge in [-0.2, -0.15) is 18.3 Å². The van der Waals surface area contributed by atoms with Gasteiger partial charge < -0.3 is 0 Å². The minimum absolute atomic E-state index is 0.545. The Morgan fingerprint density at radius 1 is 1.50 bits per heavy atom. The summed E-state index contributed by atoms with van der Waals surface area (Å²) in [4.78, 5) is 0. The highest BCUT2D eigenvalue weighted by atomic mass is 19.4. The summed E-state index contributed by atoms with van der Waals surface area (Å²) in [6.07, 6.45) is -3.64. The van der Waals surface area contributed by atoms with Crippen molar-refractivity contribution in [2.75, 3.05) is 0 Å². The molecule has 1 aromatic rings. The number of alkyl halides is 3. The van der Waals surface area contributed by atoms with Gasteiger partial charge in [-0.15, -0.1) is 0 Å². The van der Waals surface area contributed by atoms with Gasteiger partial charge >= 0.3 is 6.18 Å². The molecule has 1 aromatic heterocycles. The number of aromatic amines is 1. The van der Waals surface area contributed by atoms with Crippen molar-refractivity contribution in [3.8, 4) is 0 Å². The van der Waals surface area contributed by atoms with Crippen molar-refractivity contribution in [1.82, 2.24) is 10.2 Å². The minimum Gasteiger partial charge on any atom is -0.285 e. The van der Waals surface area contributed by atoms with E-state index in [1.807, 2.05) is 0 Å². The summed E-state index contributed by atoms with van der Waals surface area (Å²) >= 11 is 0. The minimum atomic E-state index is -4.82. The van der Waals surface area contributed by atoms with Crippen LogP contribution in [0.15, 0.2) is 12.3 Å². The number of H-pyrrole nitrogens is 1. The number of hydrogen-bond donors (Lipinski definition) is 1. The van der Waals surface area contributed by atoms with Crippen molar-refractivity contribution < 1.29 is 18.3 Å². The van der Waals surface area contributed by atoms with Crippen LogP contribution >= 0.6 is 0 Å². The highest BCUT2D eigenvalue weighted by Crippen LogP contribution is 2.37. The number of aromatic nitrogens is 2. The Kier molecular flexibility index (Phi) is 1.87. The molecule has 1 radical (unpaired) electrons. The summed E-state index contributed by atoms with van der Waals surface area (Å²) in [7, 11) is 0. The third-order valence-electron chi connectivity index (χ3n) is 1.53. The SMILES string of the molecule is CC([O])(c1cc[nH]n1)C(F)(F)F. The normalized spacial score (nSPS) is 17.4. The summed E-state index contributed by atoms with van der Waals surface area (Å²) < 4.78 is 36.1. The highest BCUT2D eigenvalue weighted by Gasteiger charge is 2.54. The summed E-state index contributed by atoms with van der Waals surface area (Å²) in [6.45, 7) is 0.545. The predicted molar refractivity (Wildman–Crippen MR) is 32.7 cm³/mol. The van der Waals surface area contributed by atoms with Crippen LogP contribution in [-0.2, 0) is 10.7 Å². The van der Waals surface area contributed by atoms with Crippen LogP contribution in [0.5, 0.6) is 0 Å². The van der Waals surface area contributed by atoms with E-state index in [4.69, 9.17) is 0 Å². The smallest absolute Gasteiger partial charge is 0.285 e. The van der Waals surface area contributed by atoms with Gasteiger partial charge in [-0.1, -0.05) is 0 Å². The average molecular weight is 179 g/mol. The van der Waals surface area contributed by atoms with Crippen LogP contribution in [0, 0.1) is 0 Å². The third kappa shape index (κ3) is 1.29. The average Bonchev–Trinajstić information content (AvgIpc) is 2.34. The maximum Gasteiger partial charge on any atom is 0.426 e. The number of hydrogen-bond acceptors (Lipinski definition) is 1. The lowest BCUT2D eigenvalue weighted by Crippen LogP contribution is -2.38. The maximum atomic E-state index is 12.0. The molecule has 1 unspecified atom stereocenters. The van der Waals surface area contributed by atoms with Gasteiger partial charge in [0.25, 0.3) is 0 Å². The molecule has 0 aliphatic heterocycles. The quantitative estimate of drug-likeness (QED) is 0.699. The van der Waals surface area contributed by atoms with Crippen molar-refractivity contribution in [1.29, 1.82) is 0 Å². The number of rotatable bonds is 1. The second kappa shape index (κ2) is 2.48. The largest absolute Gasteiger partial charge is 0.426 e. The fourth-order valence-corrected chi connectivity index (χ4v) is 0.671. The van der Waals surface area contributed by atoms with Crippen LogP contribution in [0.3, 0.4) is 0 Å². The van der Waals surface area contributed by atoms with Gasteiger partial charge in [0.2, 0.25) is 5.60 Å². The molecule has 1 atom stereocenters. The lowest BCUT2D eigenvalue weighted by atomic mass is 10.0. The molecule has 3 nitrogen and oxygen atoms in total.